The van der Waals surface area contributed by atoms with E-state index in [1.165, 1.54) is 12.1 Å². The van der Waals surface area contributed by atoms with E-state index in [0.717, 1.165) is 25.7 Å². The Bertz CT molecular complexity index is 473. The molecule has 0 aromatic heterocycles. The lowest BCUT2D eigenvalue weighted by atomic mass is 10.2. The largest absolute Gasteiger partial charge is 0.490 e. The molecule has 0 heterocycles. The molecule has 0 bridgehead atoms. The summed E-state index contributed by atoms with van der Waals surface area (Å²) in [6.45, 7) is 0. The smallest absolute Gasteiger partial charge is 0.287 e. The zero-order valence-electron chi connectivity index (χ0n) is 9.26. The molecule has 2 rings (SSSR count). The maximum Gasteiger partial charge on any atom is 0.287 e. The molecule has 1 aromatic rings. The van der Waals surface area contributed by atoms with Gasteiger partial charge in [-0.3, -0.25) is 10.1 Å². The van der Waals surface area contributed by atoms with Crippen LogP contribution in [0.4, 0.5) is 5.69 Å². The molecular weight excluding hydrogens is 220 g/mol. The molecule has 0 aliphatic heterocycles. The molecule has 0 saturated heterocycles. The number of nitro groups is 1. The average Bonchev–Trinajstić information content (AvgIpc) is 2.81. The summed E-state index contributed by atoms with van der Waals surface area (Å²) in [4.78, 5) is 10.1. The Morgan fingerprint density at radius 1 is 1.41 bits per heavy atom. The van der Waals surface area contributed by atoms with Gasteiger partial charge in [0.25, 0.3) is 5.69 Å². The Morgan fingerprint density at radius 3 is 2.71 bits per heavy atom. The van der Waals surface area contributed by atoms with Gasteiger partial charge in [-0.15, -0.1) is 0 Å². The number of ether oxygens (including phenoxy) is 1. The summed E-state index contributed by atoms with van der Waals surface area (Å²) in [7, 11) is 0. The molecule has 1 aromatic carbocycles. The minimum atomic E-state index is -0.558. The second kappa shape index (κ2) is 4.83. The van der Waals surface area contributed by atoms with Gasteiger partial charge in [0.15, 0.2) is 0 Å². The molecule has 1 fully saturated rings. The highest BCUT2D eigenvalue weighted by molar-refractivity contribution is 5.52. The van der Waals surface area contributed by atoms with Crippen LogP contribution in [0.2, 0.25) is 0 Å². The summed E-state index contributed by atoms with van der Waals surface area (Å²) in [6, 6.07) is 6.14. The molecule has 1 saturated carbocycles. The number of hydrogen-bond acceptors (Lipinski definition) is 4. The second-order valence-electron chi connectivity index (χ2n) is 4.07. The van der Waals surface area contributed by atoms with Crippen molar-refractivity contribution in [2.75, 3.05) is 0 Å². The maximum absolute atomic E-state index is 10.7. The molecule has 1 aliphatic rings. The van der Waals surface area contributed by atoms with Crippen LogP contribution in [0.3, 0.4) is 0 Å². The van der Waals surface area contributed by atoms with Crippen LogP contribution < -0.4 is 4.74 Å². The van der Waals surface area contributed by atoms with Crippen LogP contribution in [0.25, 0.3) is 0 Å². The molecular formula is C12H12N2O3. The Hall–Kier alpha value is -2.09. The van der Waals surface area contributed by atoms with Crippen molar-refractivity contribution in [1.82, 2.24) is 0 Å². The lowest BCUT2D eigenvalue weighted by molar-refractivity contribution is -0.385. The van der Waals surface area contributed by atoms with E-state index in [2.05, 4.69) is 0 Å². The Morgan fingerprint density at radius 2 is 2.12 bits per heavy atom. The molecule has 5 nitrogen and oxygen atoms in total. The topological polar surface area (TPSA) is 76.2 Å². The molecule has 0 atom stereocenters. The van der Waals surface area contributed by atoms with Crippen molar-refractivity contribution in [1.29, 1.82) is 5.26 Å². The minimum absolute atomic E-state index is 0.0468. The minimum Gasteiger partial charge on any atom is -0.490 e. The lowest BCUT2D eigenvalue weighted by Crippen LogP contribution is -2.10. The molecule has 0 spiro atoms. The highest BCUT2D eigenvalue weighted by Crippen LogP contribution is 2.27. The molecule has 0 unspecified atom stereocenters. The quantitative estimate of drug-likeness (QED) is 0.593. The predicted molar refractivity (Wildman–Crippen MR) is 60.7 cm³/mol. The van der Waals surface area contributed by atoms with E-state index in [0.29, 0.717) is 5.75 Å². The van der Waals surface area contributed by atoms with Crippen molar-refractivity contribution in [3.05, 3.63) is 33.9 Å². The van der Waals surface area contributed by atoms with Gasteiger partial charge in [-0.1, -0.05) is 0 Å². The fraction of sp³-hybridized carbons (Fsp3) is 0.417. The first kappa shape index (κ1) is 11.4. The maximum atomic E-state index is 10.7. The fourth-order valence-corrected chi connectivity index (χ4v) is 2.04. The first-order valence-electron chi connectivity index (χ1n) is 5.56. The van der Waals surface area contributed by atoms with E-state index in [4.69, 9.17) is 10.00 Å². The fourth-order valence-electron chi connectivity index (χ4n) is 2.04. The van der Waals surface area contributed by atoms with Crippen molar-refractivity contribution >= 4 is 5.69 Å². The van der Waals surface area contributed by atoms with E-state index < -0.39 is 4.92 Å². The number of benzene rings is 1. The van der Waals surface area contributed by atoms with Crippen LogP contribution in [-0.2, 0) is 0 Å². The normalized spacial score (nSPS) is 15.5. The van der Waals surface area contributed by atoms with Gasteiger partial charge < -0.3 is 4.74 Å². The average molecular weight is 232 g/mol. The third-order valence-electron chi connectivity index (χ3n) is 2.89. The molecule has 0 radical (unpaired) electrons. The lowest BCUT2D eigenvalue weighted by Gasteiger charge is -2.12. The van der Waals surface area contributed by atoms with E-state index in [-0.39, 0.29) is 17.4 Å². The number of nitriles is 1. The highest BCUT2D eigenvalue weighted by Gasteiger charge is 2.19. The van der Waals surface area contributed by atoms with Crippen LogP contribution >= 0.6 is 0 Å². The summed E-state index contributed by atoms with van der Waals surface area (Å²) in [5, 5.41) is 19.5. The second-order valence-corrected chi connectivity index (χ2v) is 4.07. The third-order valence-corrected chi connectivity index (χ3v) is 2.89. The highest BCUT2D eigenvalue weighted by atomic mass is 16.6. The van der Waals surface area contributed by atoms with Gasteiger partial charge in [0.1, 0.15) is 17.4 Å². The van der Waals surface area contributed by atoms with Crippen molar-refractivity contribution in [3.8, 4) is 11.8 Å². The summed E-state index contributed by atoms with van der Waals surface area (Å²) in [5.74, 6) is 0.541. The van der Waals surface area contributed by atoms with Crippen molar-refractivity contribution in [3.63, 3.8) is 0 Å². The molecule has 17 heavy (non-hydrogen) atoms. The van der Waals surface area contributed by atoms with Crippen molar-refractivity contribution < 1.29 is 9.66 Å². The standard InChI is InChI=1S/C12H12N2O3/c13-8-9-7-11(5-6-12(9)14(15)16)17-10-3-1-2-4-10/h5-7,10H,1-4H2. The predicted octanol–water partition coefficient (Wildman–Crippen LogP) is 2.79. The first-order valence-corrected chi connectivity index (χ1v) is 5.56. The number of nitrogens with zero attached hydrogens (tertiary/aromatic N) is 2. The molecule has 0 N–H and O–H groups in total. The first-order chi connectivity index (χ1) is 8.20. The summed E-state index contributed by atoms with van der Waals surface area (Å²) in [6.07, 6.45) is 4.52. The van der Waals surface area contributed by atoms with E-state index >= 15 is 0 Å². The van der Waals surface area contributed by atoms with Gasteiger partial charge in [-0.2, -0.15) is 5.26 Å². The Labute approximate surface area is 98.8 Å². The zero-order valence-corrected chi connectivity index (χ0v) is 9.26. The molecule has 88 valence electrons. The Kier molecular flexibility index (Phi) is 3.24. The third kappa shape index (κ3) is 2.53. The van der Waals surface area contributed by atoms with Gasteiger partial charge in [-0.25, -0.2) is 0 Å². The zero-order chi connectivity index (χ0) is 12.3. The molecule has 0 amide bonds. The Balaban J connectivity index is 2.19. The van der Waals surface area contributed by atoms with Crippen molar-refractivity contribution in [2.45, 2.75) is 31.8 Å². The van der Waals surface area contributed by atoms with Crippen LogP contribution in [0.5, 0.6) is 5.75 Å². The SMILES string of the molecule is N#Cc1cc(OC2CCCC2)ccc1[N+](=O)[O-]. The summed E-state index contributed by atoms with van der Waals surface area (Å²) >= 11 is 0. The molecule has 1 aliphatic carbocycles. The van der Waals surface area contributed by atoms with Gasteiger partial charge in [-0.05, 0) is 31.7 Å². The summed E-state index contributed by atoms with van der Waals surface area (Å²) in [5.41, 5.74) is -0.128. The number of rotatable bonds is 3. The summed E-state index contributed by atoms with van der Waals surface area (Å²) < 4.78 is 5.68. The number of nitro benzene ring substituents is 1. The van der Waals surface area contributed by atoms with Crippen LogP contribution in [-0.4, -0.2) is 11.0 Å². The molecule has 5 heteroatoms. The van der Waals surface area contributed by atoms with Gasteiger partial charge in [0.2, 0.25) is 0 Å². The van der Waals surface area contributed by atoms with Gasteiger partial charge in [0.05, 0.1) is 11.0 Å². The van der Waals surface area contributed by atoms with E-state index in [1.54, 1.807) is 6.07 Å². The van der Waals surface area contributed by atoms with Crippen LogP contribution in [0.1, 0.15) is 31.2 Å². The number of hydrogen-bond donors (Lipinski definition) is 0. The van der Waals surface area contributed by atoms with Crippen LogP contribution in [0.15, 0.2) is 18.2 Å². The van der Waals surface area contributed by atoms with Crippen LogP contribution in [0, 0.1) is 21.4 Å². The monoisotopic (exact) mass is 232 g/mol. The van der Waals surface area contributed by atoms with Gasteiger partial charge >= 0.3 is 0 Å². The van der Waals surface area contributed by atoms with E-state index in [1.807, 2.05) is 6.07 Å². The van der Waals surface area contributed by atoms with Gasteiger partial charge in [0, 0.05) is 12.1 Å². The van der Waals surface area contributed by atoms with Crippen molar-refractivity contribution in [2.24, 2.45) is 0 Å². The van der Waals surface area contributed by atoms with E-state index in [9.17, 15) is 10.1 Å².